The Labute approximate surface area is 88.7 Å². The fourth-order valence-corrected chi connectivity index (χ4v) is 1.12. The van der Waals surface area contributed by atoms with Gasteiger partial charge in [0.15, 0.2) is 0 Å². The van der Waals surface area contributed by atoms with Crippen molar-refractivity contribution in [3.63, 3.8) is 0 Å². The number of rotatable bonds is 5. The van der Waals surface area contributed by atoms with Crippen LogP contribution in [0, 0.1) is 6.92 Å². The number of nitrogens with one attached hydrogen (secondary N) is 1. The summed E-state index contributed by atoms with van der Waals surface area (Å²) in [7, 11) is 0. The van der Waals surface area contributed by atoms with Crippen LogP contribution in [0.25, 0.3) is 0 Å². The summed E-state index contributed by atoms with van der Waals surface area (Å²) in [6, 6.07) is 5.73. The molecule has 4 nitrogen and oxygen atoms in total. The lowest BCUT2D eigenvalue weighted by Crippen LogP contribution is -2.20. The van der Waals surface area contributed by atoms with Crippen molar-refractivity contribution < 1.29 is 9.90 Å². The first-order valence-corrected chi connectivity index (χ1v) is 4.64. The second-order valence-electron chi connectivity index (χ2n) is 3.28. The van der Waals surface area contributed by atoms with Gasteiger partial charge < -0.3 is 10.4 Å². The average Bonchev–Trinajstić information content (AvgIpc) is 2.17. The Morgan fingerprint density at radius 3 is 2.93 bits per heavy atom. The molecular formula is C11H14N2O2. The topological polar surface area (TPSA) is 62.2 Å². The zero-order chi connectivity index (χ0) is 11.3. The Morgan fingerprint density at radius 1 is 1.60 bits per heavy atom. The summed E-state index contributed by atoms with van der Waals surface area (Å²) in [6.07, 6.45) is 0. The van der Waals surface area contributed by atoms with E-state index < -0.39 is 5.97 Å². The quantitative estimate of drug-likeness (QED) is 0.709. The fourth-order valence-electron chi connectivity index (χ4n) is 1.12. The van der Waals surface area contributed by atoms with E-state index in [1.54, 1.807) is 0 Å². The Kier molecular flexibility index (Phi) is 4.00. The van der Waals surface area contributed by atoms with Crippen molar-refractivity contribution in [2.75, 3.05) is 6.54 Å². The number of aryl methyl sites for hydroxylation is 1. The first kappa shape index (κ1) is 11.4. The molecule has 0 bridgehead atoms. The lowest BCUT2D eigenvalue weighted by Gasteiger charge is -2.04. The minimum Gasteiger partial charge on any atom is -0.478 e. The van der Waals surface area contributed by atoms with Crippen molar-refractivity contribution in [2.24, 2.45) is 0 Å². The third-order valence-corrected chi connectivity index (χ3v) is 1.89. The van der Waals surface area contributed by atoms with Gasteiger partial charge in [0.25, 0.3) is 0 Å². The van der Waals surface area contributed by atoms with Gasteiger partial charge in [-0.1, -0.05) is 12.6 Å². The van der Waals surface area contributed by atoms with Gasteiger partial charge >= 0.3 is 5.97 Å². The van der Waals surface area contributed by atoms with Crippen LogP contribution in [0.15, 0.2) is 30.4 Å². The molecule has 0 saturated carbocycles. The molecule has 15 heavy (non-hydrogen) atoms. The van der Waals surface area contributed by atoms with E-state index in [9.17, 15) is 4.79 Å². The summed E-state index contributed by atoms with van der Waals surface area (Å²) in [5.74, 6) is -0.972. The van der Waals surface area contributed by atoms with Gasteiger partial charge in [0, 0.05) is 24.4 Å². The van der Waals surface area contributed by atoms with Gasteiger partial charge in [0.1, 0.15) is 0 Å². The predicted octanol–water partition coefficient (Wildman–Crippen LogP) is 1.12. The highest BCUT2D eigenvalue weighted by Gasteiger charge is 2.02. The molecule has 0 aliphatic rings. The fraction of sp³-hybridized carbons (Fsp3) is 0.273. The molecule has 1 aromatic rings. The van der Waals surface area contributed by atoms with E-state index in [1.807, 2.05) is 25.1 Å². The van der Waals surface area contributed by atoms with E-state index in [0.29, 0.717) is 6.54 Å². The molecule has 0 fully saturated rings. The maximum absolute atomic E-state index is 10.4. The zero-order valence-corrected chi connectivity index (χ0v) is 8.66. The second-order valence-corrected chi connectivity index (χ2v) is 3.28. The van der Waals surface area contributed by atoms with Crippen LogP contribution in [0.3, 0.4) is 0 Å². The van der Waals surface area contributed by atoms with Crippen LogP contribution in [0.1, 0.15) is 11.4 Å². The lowest BCUT2D eigenvalue weighted by atomic mass is 10.3. The summed E-state index contributed by atoms with van der Waals surface area (Å²) in [4.78, 5) is 14.7. The van der Waals surface area contributed by atoms with Crippen molar-refractivity contribution in [3.8, 4) is 0 Å². The van der Waals surface area contributed by atoms with Gasteiger partial charge in [0.2, 0.25) is 0 Å². The Balaban J connectivity index is 2.38. The minimum atomic E-state index is -0.972. The van der Waals surface area contributed by atoms with Crippen molar-refractivity contribution in [1.29, 1.82) is 0 Å². The summed E-state index contributed by atoms with van der Waals surface area (Å²) in [5, 5.41) is 11.5. The second kappa shape index (κ2) is 5.26. The number of carboxylic acid groups (broad SMARTS) is 1. The molecule has 0 aliphatic heterocycles. The number of pyridine rings is 1. The average molecular weight is 206 g/mol. The molecule has 0 amide bonds. The monoisotopic (exact) mass is 206 g/mol. The number of aliphatic carboxylic acids is 1. The van der Waals surface area contributed by atoms with Crippen molar-refractivity contribution in [2.45, 2.75) is 13.5 Å². The number of carboxylic acids is 1. The van der Waals surface area contributed by atoms with E-state index in [1.165, 1.54) is 0 Å². The standard InChI is InChI=1S/C11H14N2O2/c1-8(11(14)15)6-12-7-10-5-3-4-9(2)13-10/h3-5,12H,1,6-7H2,2H3,(H,14,15). The third kappa shape index (κ3) is 3.91. The maximum Gasteiger partial charge on any atom is 0.332 e. The van der Waals surface area contributed by atoms with E-state index in [0.717, 1.165) is 11.4 Å². The molecule has 0 unspecified atom stereocenters. The zero-order valence-electron chi connectivity index (χ0n) is 8.66. The molecule has 0 aliphatic carbocycles. The third-order valence-electron chi connectivity index (χ3n) is 1.89. The summed E-state index contributed by atoms with van der Waals surface area (Å²) in [5.41, 5.74) is 2.00. The maximum atomic E-state index is 10.4. The predicted molar refractivity (Wildman–Crippen MR) is 57.5 cm³/mol. The van der Waals surface area contributed by atoms with Gasteiger partial charge in [-0.25, -0.2) is 4.79 Å². The number of nitrogens with zero attached hydrogens (tertiary/aromatic N) is 1. The van der Waals surface area contributed by atoms with E-state index >= 15 is 0 Å². The van der Waals surface area contributed by atoms with E-state index in [2.05, 4.69) is 16.9 Å². The van der Waals surface area contributed by atoms with Crippen LogP contribution in [-0.4, -0.2) is 22.6 Å². The normalized spacial score (nSPS) is 9.93. The SMILES string of the molecule is C=C(CNCc1cccc(C)n1)C(=O)O. The minimum absolute atomic E-state index is 0.155. The first-order chi connectivity index (χ1) is 7.09. The number of carbonyl (C=O) groups is 1. The van der Waals surface area contributed by atoms with Gasteiger partial charge in [-0.15, -0.1) is 0 Å². The first-order valence-electron chi connectivity index (χ1n) is 4.64. The van der Waals surface area contributed by atoms with Crippen molar-refractivity contribution >= 4 is 5.97 Å². The molecule has 1 rings (SSSR count). The summed E-state index contributed by atoms with van der Waals surface area (Å²) in [6.45, 7) is 6.16. The number of hydrogen-bond acceptors (Lipinski definition) is 3. The van der Waals surface area contributed by atoms with Crippen LogP contribution in [0.2, 0.25) is 0 Å². The molecule has 4 heteroatoms. The molecule has 0 saturated heterocycles. The molecular weight excluding hydrogens is 192 g/mol. The summed E-state index contributed by atoms with van der Waals surface area (Å²) >= 11 is 0. The van der Waals surface area contributed by atoms with Gasteiger partial charge in [-0.05, 0) is 19.1 Å². The number of hydrogen-bond donors (Lipinski definition) is 2. The highest BCUT2D eigenvalue weighted by Crippen LogP contribution is 1.97. The highest BCUT2D eigenvalue weighted by atomic mass is 16.4. The van der Waals surface area contributed by atoms with Gasteiger partial charge in [-0.2, -0.15) is 0 Å². The molecule has 2 N–H and O–H groups in total. The Hall–Kier alpha value is -1.68. The lowest BCUT2D eigenvalue weighted by molar-refractivity contribution is -0.132. The largest absolute Gasteiger partial charge is 0.478 e. The van der Waals surface area contributed by atoms with Crippen LogP contribution < -0.4 is 5.32 Å². The number of aromatic nitrogens is 1. The van der Waals surface area contributed by atoms with Crippen LogP contribution >= 0.6 is 0 Å². The van der Waals surface area contributed by atoms with Gasteiger partial charge in [-0.3, -0.25) is 4.98 Å². The molecule has 1 heterocycles. The van der Waals surface area contributed by atoms with Crippen LogP contribution in [0.5, 0.6) is 0 Å². The molecule has 0 aromatic carbocycles. The van der Waals surface area contributed by atoms with Crippen LogP contribution in [0.4, 0.5) is 0 Å². The molecule has 80 valence electrons. The van der Waals surface area contributed by atoms with E-state index in [4.69, 9.17) is 5.11 Å². The smallest absolute Gasteiger partial charge is 0.332 e. The van der Waals surface area contributed by atoms with Crippen LogP contribution in [-0.2, 0) is 11.3 Å². The molecule has 1 aromatic heterocycles. The molecule has 0 radical (unpaired) electrons. The Bertz CT molecular complexity index is 375. The Morgan fingerprint density at radius 2 is 2.33 bits per heavy atom. The van der Waals surface area contributed by atoms with Crippen molar-refractivity contribution in [1.82, 2.24) is 10.3 Å². The van der Waals surface area contributed by atoms with E-state index in [-0.39, 0.29) is 12.1 Å². The highest BCUT2D eigenvalue weighted by molar-refractivity contribution is 5.86. The van der Waals surface area contributed by atoms with Gasteiger partial charge in [0.05, 0.1) is 5.69 Å². The summed E-state index contributed by atoms with van der Waals surface area (Å²) < 4.78 is 0. The van der Waals surface area contributed by atoms with Crippen molar-refractivity contribution in [3.05, 3.63) is 41.7 Å². The molecule has 0 atom stereocenters. The molecule has 0 spiro atoms.